The molecule has 0 aromatic rings. The molecule has 9 heteroatoms. The van der Waals surface area contributed by atoms with Crippen molar-refractivity contribution in [3.05, 3.63) is 122 Å². The fourth-order valence-electron chi connectivity index (χ4n) is 7.17. The normalized spacial score (nSPS) is 20.9. The zero-order valence-electron chi connectivity index (χ0n) is 41.1. The zero-order valence-corrected chi connectivity index (χ0v) is 41.1. The van der Waals surface area contributed by atoms with Crippen LogP contribution >= 0.6 is 0 Å². The first-order chi connectivity index (χ1) is 32.3. The monoisotopic (exact) mass is 920 g/mol. The van der Waals surface area contributed by atoms with E-state index in [1.54, 1.807) is 6.08 Å². The Kier molecular flexibility index (Phi) is 41.7. The van der Waals surface area contributed by atoms with Crippen LogP contribution in [0, 0.1) is 0 Å². The first-order valence-electron chi connectivity index (χ1n) is 25.8. The molecule has 1 fully saturated rings. The summed E-state index contributed by atoms with van der Waals surface area (Å²) in [6, 6.07) is -0.855. The van der Waals surface area contributed by atoms with Gasteiger partial charge in [0, 0.05) is 6.42 Å². The summed E-state index contributed by atoms with van der Waals surface area (Å²) in [5, 5.41) is 54.3. The van der Waals surface area contributed by atoms with E-state index in [1.807, 2.05) is 6.08 Å². The van der Waals surface area contributed by atoms with Crippen molar-refractivity contribution in [2.24, 2.45) is 0 Å². The van der Waals surface area contributed by atoms with Crippen LogP contribution in [0.15, 0.2) is 122 Å². The third kappa shape index (κ3) is 34.8. The van der Waals surface area contributed by atoms with E-state index < -0.39 is 49.5 Å². The van der Waals surface area contributed by atoms with Gasteiger partial charge in [0.1, 0.15) is 24.4 Å². The Hall–Kier alpha value is -3.41. The molecule has 0 aromatic carbocycles. The maximum Gasteiger partial charge on any atom is 0.220 e. The Morgan fingerprint density at radius 3 is 1.45 bits per heavy atom. The van der Waals surface area contributed by atoms with Crippen molar-refractivity contribution >= 4 is 5.91 Å². The van der Waals surface area contributed by atoms with Crippen molar-refractivity contribution in [2.75, 3.05) is 13.2 Å². The maximum absolute atomic E-state index is 13.0. The van der Waals surface area contributed by atoms with Gasteiger partial charge in [0.05, 0.1) is 25.4 Å². The van der Waals surface area contributed by atoms with Crippen molar-refractivity contribution in [3.8, 4) is 0 Å². The molecule has 0 bridgehead atoms. The number of carbonyl (C=O) groups is 1. The molecular formula is C57H93NO8. The number of hydrogen-bond donors (Lipinski definition) is 6. The third-order valence-corrected chi connectivity index (χ3v) is 11.2. The number of allylic oxidation sites excluding steroid dienone is 19. The average Bonchev–Trinajstić information content (AvgIpc) is 3.32. The van der Waals surface area contributed by atoms with Gasteiger partial charge in [-0.1, -0.05) is 187 Å². The van der Waals surface area contributed by atoms with Crippen LogP contribution in [0.1, 0.15) is 174 Å². The number of unbranched alkanes of at least 4 members (excludes halogenated alkanes) is 13. The highest BCUT2D eigenvalue weighted by Gasteiger charge is 2.44. The number of ether oxygens (including phenoxy) is 2. The molecule has 1 amide bonds. The molecule has 0 spiro atoms. The van der Waals surface area contributed by atoms with E-state index in [0.717, 1.165) is 89.9 Å². The van der Waals surface area contributed by atoms with Gasteiger partial charge in [-0.05, 0) is 103 Å². The lowest BCUT2D eigenvalue weighted by Crippen LogP contribution is -2.60. The largest absolute Gasteiger partial charge is 0.394 e. The molecular weight excluding hydrogens is 827 g/mol. The van der Waals surface area contributed by atoms with Gasteiger partial charge < -0.3 is 40.3 Å². The standard InChI is InChI=1S/C57H93NO8/c1-3-5-7-9-11-13-15-17-19-21-23-24-25-26-27-28-29-31-33-35-37-39-41-43-45-47-53(61)58-50(49-65-57-56(64)55(63)54(62)52(48-59)66-57)51(60)46-44-42-40-38-36-34-32-30-22-20-18-16-14-12-10-8-6-4-2/h5,7,11,13,17,19,22-24,26-27,29-31,35-38,44,46,50-52,54-57,59-60,62-64H,3-4,6,8-10,12,14-16,18,20-21,25,28,32-34,39-43,45,47-49H2,1-2H3,(H,58,61)/b7-5-,13-11-,19-17-,24-23-,27-26-,30-22+,31-29-,37-35-,38-36+,46-44+. The maximum atomic E-state index is 13.0. The number of nitrogens with one attached hydrogen (secondary N) is 1. The fourth-order valence-corrected chi connectivity index (χ4v) is 7.17. The predicted octanol–water partition coefficient (Wildman–Crippen LogP) is 12.0. The minimum Gasteiger partial charge on any atom is -0.394 e. The summed E-state index contributed by atoms with van der Waals surface area (Å²) in [5.41, 5.74) is 0. The van der Waals surface area contributed by atoms with Crippen molar-refractivity contribution < 1.29 is 39.8 Å². The highest BCUT2D eigenvalue weighted by molar-refractivity contribution is 5.76. The number of hydrogen-bond acceptors (Lipinski definition) is 8. The van der Waals surface area contributed by atoms with Crippen LogP contribution in [0.4, 0.5) is 0 Å². The molecule has 1 rings (SSSR count). The molecule has 7 unspecified atom stereocenters. The van der Waals surface area contributed by atoms with Gasteiger partial charge in [0.15, 0.2) is 6.29 Å². The lowest BCUT2D eigenvalue weighted by atomic mass is 9.99. The van der Waals surface area contributed by atoms with Gasteiger partial charge in [0.25, 0.3) is 0 Å². The SMILES string of the molecule is CC/C=C\C/C=C\C/C=C\C/C=C\C/C=C\C/C=C\C/C=C\CCCCCC(=O)NC(COC1OC(CO)C(O)C(O)C1O)C(O)/C=C/CC/C=C/CC/C=C/CCCCCCCCCC. The number of aliphatic hydroxyl groups is 5. The van der Waals surface area contributed by atoms with E-state index in [0.29, 0.717) is 12.8 Å². The third-order valence-electron chi connectivity index (χ3n) is 11.2. The Labute approximate surface area is 401 Å². The summed E-state index contributed by atoms with van der Waals surface area (Å²) in [7, 11) is 0. The van der Waals surface area contributed by atoms with Gasteiger partial charge >= 0.3 is 0 Å². The number of carbonyl (C=O) groups excluding carboxylic acids is 1. The molecule has 1 saturated heterocycles. The summed E-state index contributed by atoms with van der Waals surface area (Å²) < 4.78 is 11.2. The molecule has 1 heterocycles. The summed E-state index contributed by atoms with van der Waals surface area (Å²) >= 11 is 0. The second-order valence-electron chi connectivity index (χ2n) is 17.2. The fraction of sp³-hybridized carbons (Fsp3) is 0.632. The lowest BCUT2D eigenvalue weighted by Gasteiger charge is -2.40. The highest BCUT2D eigenvalue weighted by Crippen LogP contribution is 2.22. The lowest BCUT2D eigenvalue weighted by molar-refractivity contribution is -0.302. The number of amides is 1. The van der Waals surface area contributed by atoms with Crippen molar-refractivity contribution in [1.82, 2.24) is 5.32 Å². The van der Waals surface area contributed by atoms with Crippen LogP contribution in [0.2, 0.25) is 0 Å². The van der Waals surface area contributed by atoms with E-state index in [1.165, 1.54) is 51.4 Å². The zero-order chi connectivity index (χ0) is 48.0. The van der Waals surface area contributed by atoms with Crippen LogP contribution in [-0.4, -0.2) is 87.5 Å². The van der Waals surface area contributed by atoms with Gasteiger partial charge in [-0.3, -0.25) is 4.79 Å². The molecule has 1 aliphatic heterocycles. The molecule has 0 radical (unpaired) electrons. The Bertz CT molecular complexity index is 1440. The molecule has 6 N–H and O–H groups in total. The van der Waals surface area contributed by atoms with Crippen LogP contribution in [0.3, 0.4) is 0 Å². The van der Waals surface area contributed by atoms with Crippen molar-refractivity contribution in [2.45, 2.75) is 217 Å². The number of rotatable bonds is 41. The molecule has 0 saturated carbocycles. The van der Waals surface area contributed by atoms with Crippen molar-refractivity contribution in [3.63, 3.8) is 0 Å². The van der Waals surface area contributed by atoms with Gasteiger partial charge in [0.2, 0.25) is 5.91 Å². The molecule has 9 nitrogen and oxygen atoms in total. The van der Waals surface area contributed by atoms with Gasteiger partial charge in [-0.25, -0.2) is 0 Å². The Morgan fingerprint density at radius 2 is 0.955 bits per heavy atom. The van der Waals surface area contributed by atoms with Crippen LogP contribution < -0.4 is 5.32 Å². The summed E-state index contributed by atoms with van der Waals surface area (Å²) in [5.74, 6) is -0.229. The minimum atomic E-state index is -1.59. The summed E-state index contributed by atoms with van der Waals surface area (Å²) in [6.45, 7) is 3.60. The van der Waals surface area contributed by atoms with E-state index in [2.05, 4.69) is 129 Å². The second kappa shape index (κ2) is 45.4. The highest BCUT2D eigenvalue weighted by atomic mass is 16.7. The van der Waals surface area contributed by atoms with Gasteiger partial charge in [-0.15, -0.1) is 0 Å². The van der Waals surface area contributed by atoms with E-state index in [-0.39, 0.29) is 18.9 Å². The van der Waals surface area contributed by atoms with Crippen LogP contribution in [0.25, 0.3) is 0 Å². The summed E-state index contributed by atoms with van der Waals surface area (Å²) in [6.07, 6.45) is 61.0. The Balaban J connectivity index is 2.38. The first kappa shape index (κ1) is 60.6. The molecule has 374 valence electrons. The second-order valence-corrected chi connectivity index (χ2v) is 17.2. The van der Waals surface area contributed by atoms with Gasteiger partial charge in [-0.2, -0.15) is 0 Å². The van der Waals surface area contributed by atoms with E-state index in [9.17, 15) is 30.3 Å². The first-order valence-corrected chi connectivity index (χ1v) is 25.8. The van der Waals surface area contributed by atoms with E-state index in [4.69, 9.17) is 9.47 Å². The predicted molar refractivity (Wildman–Crippen MR) is 276 cm³/mol. The topological polar surface area (TPSA) is 149 Å². The van der Waals surface area contributed by atoms with E-state index >= 15 is 0 Å². The van der Waals surface area contributed by atoms with Crippen LogP contribution in [0.5, 0.6) is 0 Å². The average molecular weight is 920 g/mol. The van der Waals surface area contributed by atoms with Crippen molar-refractivity contribution in [1.29, 1.82) is 0 Å². The molecule has 0 aliphatic carbocycles. The quantitative estimate of drug-likeness (QED) is 0.0262. The molecule has 66 heavy (non-hydrogen) atoms. The molecule has 7 atom stereocenters. The number of aliphatic hydroxyl groups excluding tert-OH is 5. The van der Waals surface area contributed by atoms with Crippen LogP contribution in [-0.2, 0) is 14.3 Å². The molecule has 1 aliphatic rings. The molecule has 0 aromatic heterocycles. The Morgan fingerprint density at radius 1 is 0.530 bits per heavy atom. The minimum absolute atomic E-state index is 0.228. The summed E-state index contributed by atoms with van der Waals surface area (Å²) in [4.78, 5) is 13.0. The smallest absolute Gasteiger partial charge is 0.220 e.